The van der Waals surface area contributed by atoms with E-state index in [1.807, 2.05) is 156 Å². The van der Waals surface area contributed by atoms with Gasteiger partial charge in [0.05, 0.1) is 30.2 Å². The van der Waals surface area contributed by atoms with Gasteiger partial charge in [0.15, 0.2) is 23.1 Å². The van der Waals surface area contributed by atoms with Gasteiger partial charge in [-0.05, 0) is 202 Å². The number of ketones is 4. The molecule has 0 saturated carbocycles. The van der Waals surface area contributed by atoms with Crippen LogP contribution in [0.1, 0.15) is 220 Å². The number of nitrogens with two attached hydrogens (primary N) is 4. The van der Waals surface area contributed by atoms with Crippen molar-refractivity contribution in [1.29, 1.82) is 0 Å². The number of benzene rings is 4. The summed E-state index contributed by atoms with van der Waals surface area (Å²) in [6, 6.07) is 31.7. The molecule has 30 nitrogen and oxygen atoms in total. The fraction of sp³-hybridized carbons (Fsp3) is 0.585. The zero-order valence-corrected chi connectivity index (χ0v) is 74.6. The number of primary amides is 2. The standard InChI is InChI=1S/C44H65N7O7.C37H53N3O7.C13H23N3O3/c1-29(2)24-34(28-40(54)38(26-32-14-8-5-9-15-32)50-43(57)35(46)25-31-12-6-4-7-13-31)42(56)49-37(16-10-11-21-45)44(58)51-22-19-33(20-23-51)27-39(53)36(48-30(3)52)17-18-41(47)55;1-25(2)21-29(34(43)39-30(35(44)45)19-13-14-20-38-36(46)47-37(4,5)6)24-32(41)31(23-28-17-11-8-12-18-28)40-33(42)26(3)22-27-15-9-7-10-16-27;1-9(17)16-11(2-3-13(14)19)12(18)8-10-4-6-15-7-5-10/h4-9,12-15,29,33-38H,10-11,16-28,45-46H2,1-3H3,(H2,47,55)(H,48,52)(H,49,56)(H,50,57);7-12,15-18,25-26,29-31H,13-14,19-24H2,1-6H3,(H,38,46)(H,39,43)(H,40,42)(H,44,45);10-11,15H,2-8H2,1H3,(H2,14,19)(H,16,17)/t34-,35+,36-,37+,38+;26-,29+,30-,31-;11-/m010/s1. The highest BCUT2D eigenvalue weighted by atomic mass is 16.6. The number of rotatable bonds is 51. The van der Waals surface area contributed by atoms with Crippen molar-refractivity contribution in [3.8, 4) is 0 Å². The van der Waals surface area contributed by atoms with Crippen molar-refractivity contribution in [3.63, 3.8) is 0 Å². The summed E-state index contributed by atoms with van der Waals surface area (Å²) in [5.74, 6) is -6.86. The zero-order chi connectivity index (χ0) is 91.8. The summed E-state index contributed by atoms with van der Waals surface area (Å²) in [6.07, 6.45) is 8.21. The first-order valence-electron chi connectivity index (χ1n) is 44.0. The van der Waals surface area contributed by atoms with E-state index in [2.05, 4.69) is 42.5 Å². The fourth-order valence-corrected chi connectivity index (χ4v) is 15.1. The van der Waals surface area contributed by atoms with Crippen LogP contribution in [0, 0.1) is 41.4 Å². The number of carbonyl (C=O) groups excluding carboxylic acids is 14. The van der Waals surface area contributed by atoms with E-state index in [0.717, 1.165) is 48.2 Å². The average Bonchev–Trinajstić information content (AvgIpc) is 0.843. The highest BCUT2D eigenvalue weighted by molar-refractivity contribution is 5.96. The number of piperidine rings is 2. The first kappa shape index (κ1) is 106. The van der Waals surface area contributed by atoms with Crippen molar-refractivity contribution in [2.24, 2.45) is 64.4 Å². The summed E-state index contributed by atoms with van der Waals surface area (Å²) >= 11 is 0. The smallest absolute Gasteiger partial charge is 0.407 e. The first-order chi connectivity index (χ1) is 58.8. The Kier molecular flexibility index (Phi) is 48.6. The Balaban J connectivity index is 0.000000435. The van der Waals surface area contributed by atoms with Crippen LogP contribution in [0.3, 0.4) is 0 Å². The van der Waals surface area contributed by atoms with Gasteiger partial charge in [-0.3, -0.25) is 62.3 Å². The van der Waals surface area contributed by atoms with E-state index in [9.17, 15) is 77.0 Å². The van der Waals surface area contributed by atoms with Gasteiger partial charge in [0.25, 0.3) is 0 Å². The number of hydrogen-bond acceptors (Lipinski definition) is 19. The Morgan fingerprint density at radius 2 is 0.855 bits per heavy atom. The molecule has 124 heavy (non-hydrogen) atoms. The maximum Gasteiger partial charge on any atom is 0.407 e. The molecule has 0 unspecified atom stereocenters. The van der Waals surface area contributed by atoms with Crippen LogP contribution in [0.25, 0.3) is 0 Å². The van der Waals surface area contributed by atoms with E-state index in [-0.39, 0.29) is 128 Å². The maximum atomic E-state index is 14.1. The third-order valence-corrected chi connectivity index (χ3v) is 21.6. The summed E-state index contributed by atoms with van der Waals surface area (Å²) in [5, 5.41) is 32.4. The van der Waals surface area contributed by atoms with Gasteiger partial charge < -0.3 is 80.2 Å². The van der Waals surface area contributed by atoms with E-state index in [1.54, 1.807) is 25.7 Å². The van der Waals surface area contributed by atoms with E-state index in [4.69, 9.17) is 27.7 Å². The lowest BCUT2D eigenvalue weighted by atomic mass is 9.87. The second kappa shape index (κ2) is 57.0. The van der Waals surface area contributed by atoms with Gasteiger partial charge in [0.1, 0.15) is 17.7 Å². The van der Waals surface area contributed by atoms with Crippen LogP contribution in [0.5, 0.6) is 0 Å². The molecule has 0 bridgehead atoms. The second-order valence-corrected chi connectivity index (χ2v) is 34.9. The molecule has 2 aliphatic heterocycles. The van der Waals surface area contributed by atoms with Gasteiger partial charge in [-0.2, -0.15) is 0 Å². The number of nitrogens with one attached hydrogen (secondary N) is 8. The van der Waals surface area contributed by atoms with Gasteiger partial charge in [-0.1, -0.05) is 156 Å². The summed E-state index contributed by atoms with van der Waals surface area (Å²) in [7, 11) is 0. The van der Waals surface area contributed by atoms with Crippen molar-refractivity contribution >= 4 is 88.4 Å². The van der Waals surface area contributed by atoms with Gasteiger partial charge in [-0.15, -0.1) is 0 Å². The Morgan fingerprint density at radius 3 is 1.26 bits per heavy atom. The van der Waals surface area contributed by atoms with Crippen LogP contribution in [-0.2, 0) is 97.5 Å². The Hall–Kier alpha value is -10.6. The molecule has 6 rings (SSSR count). The van der Waals surface area contributed by atoms with Crippen LogP contribution in [0.15, 0.2) is 121 Å². The number of likely N-dealkylation sites (tertiary alicyclic amines) is 1. The van der Waals surface area contributed by atoms with Crippen molar-refractivity contribution in [1.82, 2.24) is 47.4 Å². The molecule has 30 heteroatoms. The Bertz CT molecular complexity index is 4000. The predicted octanol–water partition coefficient (Wildman–Crippen LogP) is 7.68. The topological polar surface area (TPSA) is 489 Å². The normalized spacial score (nSPS) is 15.4. The number of aliphatic carboxylic acids is 1. The number of hydrogen-bond donors (Lipinski definition) is 13. The number of amides is 10. The quantitative estimate of drug-likeness (QED) is 0.0188. The third kappa shape index (κ3) is 44.1. The fourth-order valence-electron chi connectivity index (χ4n) is 15.1. The largest absolute Gasteiger partial charge is 0.480 e. The molecular weight excluding hydrogens is 1580 g/mol. The average molecular weight is 1730 g/mol. The Morgan fingerprint density at radius 1 is 0.468 bits per heavy atom. The van der Waals surface area contributed by atoms with Crippen LogP contribution in [0.2, 0.25) is 0 Å². The number of carbonyl (C=O) groups is 15. The molecular formula is C94H141N13O17. The minimum absolute atomic E-state index is 0.00310. The van der Waals surface area contributed by atoms with Gasteiger partial charge in [0.2, 0.25) is 53.2 Å². The SMILES string of the molecule is CC(=O)N[C@@H](CCC(N)=O)C(=O)CC1CCN(C(=O)[C@@H](CCCCN)NC(=O)[C@H](CC(=O)[C@@H](Cc2ccccc2)NC(=O)[C@H](N)Cc2ccccc2)CC(C)C)CC1.CC(=O)N[C@@H](CCC(N)=O)C(=O)CC1CCNCC1.CC(C)C[C@@H](CC(=O)[C@@H](Cc1ccccc1)NC(=O)[C@H](C)Cc1ccccc1)C(=O)N[C@H](CCCCNC(=O)OC(C)(C)C)C(=O)O. The van der Waals surface area contributed by atoms with Gasteiger partial charge >= 0.3 is 12.1 Å². The summed E-state index contributed by atoms with van der Waals surface area (Å²) in [4.78, 5) is 192. The molecule has 10 atom stereocenters. The molecule has 2 saturated heterocycles. The van der Waals surface area contributed by atoms with Crippen molar-refractivity contribution in [2.45, 2.75) is 271 Å². The van der Waals surface area contributed by atoms with Crippen LogP contribution >= 0.6 is 0 Å². The van der Waals surface area contributed by atoms with Crippen molar-refractivity contribution < 1.29 is 81.8 Å². The molecule has 10 amide bonds. The molecule has 0 aliphatic carbocycles. The Labute approximate surface area is 732 Å². The molecule has 2 aliphatic rings. The summed E-state index contributed by atoms with van der Waals surface area (Å²) < 4.78 is 5.20. The number of Topliss-reactive ketones (excluding diaryl/α,β-unsaturated/α-hetero) is 4. The predicted molar refractivity (Wildman–Crippen MR) is 475 cm³/mol. The van der Waals surface area contributed by atoms with Gasteiger partial charge in [0, 0.05) is 89.8 Å². The molecule has 0 radical (unpaired) electrons. The van der Waals surface area contributed by atoms with E-state index < -0.39 is 101 Å². The van der Waals surface area contributed by atoms with Gasteiger partial charge in [-0.25, -0.2) is 9.59 Å². The van der Waals surface area contributed by atoms with E-state index in [1.165, 1.54) is 13.8 Å². The molecule has 17 N–H and O–H groups in total. The van der Waals surface area contributed by atoms with Crippen LogP contribution in [0.4, 0.5) is 4.79 Å². The van der Waals surface area contributed by atoms with Crippen molar-refractivity contribution in [3.05, 3.63) is 144 Å². The number of alkyl carbamates (subject to hydrolysis) is 1. The lowest BCUT2D eigenvalue weighted by molar-refractivity contribution is -0.143. The highest BCUT2D eigenvalue weighted by Crippen LogP contribution is 2.27. The second-order valence-electron chi connectivity index (χ2n) is 34.9. The number of carboxylic acids is 1. The molecule has 0 spiro atoms. The lowest BCUT2D eigenvalue weighted by Gasteiger charge is -2.35. The number of nitrogens with zero attached hydrogens (tertiary/aromatic N) is 1. The van der Waals surface area contributed by atoms with E-state index >= 15 is 0 Å². The summed E-state index contributed by atoms with van der Waals surface area (Å²) in [6.45, 7) is 21.0. The number of unbranched alkanes of at least 4 members (excludes halogenated alkanes) is 2. The minimum Gasteiger partial charge on any atom is -0.480 e. The first-order valence-corrected chi connectivity index (χ1v) is 44.0. The lowest BCUT2D eigenvalue weighted by Crippen LogP contribution is -2.53. The monoisotopic (exact) mass is 1720 g/mol. The van der Waals surface area contributed by atoms with Crippen LogP contribution < -0.4 is 65.5 Å². The zero-order valence-electron chi connectivity index (χ0n) is 74.6. The van der Waals surface area contributed by atoms with Crippen LogP contribution in [-0.4, -0.2) is 186 Å². The summed E-state index contributed by atoms with van der Waals surface area (Å²) in [5.41, 5.74) is 25.4. The molecule has 0 aromatic heterocycles. The maximum absolute atomic E-state index is 14.1. The van der Waals surface area contributed by atoms with Crippen molar-refractivity contribution in [2.75, 3.05) is 39.3 Å². The van der Waals surface area contributed by atoms with E-state index in [0.29, 0.717) is 116 Å². The highest BCUT2D eigenvalue weighted by Gasteiger charge is 2.37. The molecule has 2 fully saturated rings. The molecule has 4 aromatic carbocycles. The molecule has 2 heterocycles. The molecule has 684 valence electrons. The number of ether oxygens (including phenoxy) is 1. The molecule has 4 aromatic rings. The number of carboxylic acid groups (broad SMARTS) is 1. The third-order valence-electron chi connectivity index (χ3n) is 21.6. The minimum atomic E-state index is -1.17.